The van der Waals surface area contributed by atoms with E-state index in [1.807, 2.05) is 0 Å². The van der Waals surface area contributed by atoms with Gasteiger partial charge < -0.3 is 0 Å². The SMILES string of the molecule is CC(=O)c1c(C)ccc(Cl)c1[N+](=O)[O-]. The molecule has 1 rings (SSSR count). The minimum absolute atomic E-state index is 0.00852. The zero-order valence-electron chi connectivity index (χ0n) is 7.70. The van der Waals surface area contributed by atoms with Gasteiger partial charge in [-0.05, 0) is 25.5 Å². The largest absolute Gasteiger partial charge is 0.298 e. The Hall–Kier alpha value is -1.42. The van der Waals surface area contributed by atoms with Crippen LogP contribution in [-0.2, 0) is 0 Å². The number of halogens is 1. The molecule has 0 saturated heterocycles. The van der Waals surface area contributed by atoms with Crippen molar-refractivity contribution in [1.29, 1.82) is 0 Å². The minimum atomic E-state index is -0.633. The van der Waals surface area contributed by atoms with Crippen LogP contribution in [0.1, 0.15) is 22.8 Å². The summed E-state index contributed by atoms with van der Waals surface area (Å²) in [6.45, 7) is 2.92. The smallest absolute Gasteiger partial charge is 0.294 e. The van der Waals surface area contributed by atoms with Crippen LogP contribution < -0.4 is 0 Å². The first-order valence-electron chi connectivity index (χ1n) is 3.89. The Morgan fingerprint density at radius 1 is 1.50 bits per heavy atom. The molecule has 0 spiro atoms. The summed E-state index contributed by atoms with van der Waals surface area (Å²) in [4.78, 5) is 21.2. The van der Waals surface area contributed by atoms with E-state index in [9.17, 15) is 14.9 Å². The fraction of sp³-hybridized carbons (Fsp3) is 0.222. The van der Waals surface area contributed by atoms with E-state index in [4.69, 9.17) is 11.6 Å². The van der Waals surface area contributed by atoms with Gasteiger partial charge in [0.1, 0.15) is 5.02 Å². The van der Waals surface area contributed by atoms with E-state index >= 15 is 0 Å². The molecule has 0 aliphatic rings. The Labute approximate surface area is 85.6 Å². The lowest BCUT2D eigenvalue weighted by atomic mass is 10.0. The van der Waals surface area contributed by atoms with Crippen LogP contribution in [0.2, 0.25) is 5.02 Å². The molecule has 0 N–H and O–H groups in total. The normalized spacial score (nSPS) is 9.93. The summed E-state index contributed by atoms with van der Waals surface area (Å²) in [7, 11) is 0. The van der Waals surface area contributed by atoms with Crippen molar-refractivity contribution in [2.45, 2.75) is 13.8 Å². The van der Waals surface area contributed by atoms with Gasteiger partial charge in [0.25, 0.3) is 5.69 Å². The highest BCUT2D eigenvalue weighted by molar-refractivity contribution is 6.33. The van der Waals surface area contributed by atoms with Gasteiger partial charge in [-0.1, -0.05) is 17.7 Å². The number of carbonyl (C=O) groups excluding carboxylic acids is 1. The standard InChI is InChI=1S/C9H8ClNO3/c1-5-3-4-7(10)9(11(13)14)8(5)6(2)12/h3-4H,1-2H3. The molecule has 0 fully saturated rings. The summed E-state index contributed by atoms with van der Waals surface area (Å²) in [5.41, 5.74) is 0.343. The van der Waals surface area contributed by atoms with Crippen molar-refractivity contribution in [2.75, 3.05) is 0 Å². The minimum Gasteiger partial charge on any atom is -0.294 e. The Bertz CT molecular complexity index is 376. The monoisotopic (exact) mass is 213 g/mol. The van der Waals surface area contributed by atoms with Crippen LogP contribution in [-0.4, -0.2) is 10.7 Å². The molecular weight excluding hydrogens is 206 g/mol. The molecule has 0 aliphatic carbocycles. The number of rotatable bonds is 2. The van der Waals surface area contributed by atoms with Crippen LogP contribution in [0.15, 0.2) is 12.1 Å². The number of carbonyl (C=O) groups is 1. The zero-order chi connectivity index (χ0) is 10.9. The molecule has 14 heavy (non-hydrogen) atoms. The first-order chi connectivity index (χ1) is 6.45. The highest BCUT2D eigenvalue weighted by atomic mass is 35.5. The Morgan fingerprint density at radius 3 is 2.43 bits per heavy atom. The first-order valence-corrected chi connectivity index (χ1v) is 4.27. The van der Waals surface area contributed by atoms with E-state index in [2.05, 4.69) is 0 Å². The fourth-order valence-electron chi connectivity index (χ4n) is 1.29. The third-order valence-corrected chi connectivity index (χ3v) is 2.18. The van der Waals surface area contributed by atoms with Gasteiger partial charge in [-0.25, -0.2) is 0 Å². The molecule has 0 heterocycles. The highest BCUT2D eigenvalue weighted by Gasteiger charge is 2.23. The maximum absolute atomic E-state index is 11.2. The summed E-state index contributed by atoms with van der Waals surface area (Å²) in [6.07, 6.45) is 0. The van der Waals surface area contributed by atoms with Crippen LogP contribution in [0.3, 0.4) is 0 Å². The van der Waals surface area contributed by atoms with Crippen molar-refractivity contribution >= 4 is 23.1 Å². The summed E-state index contributed by atoms with van der Waals surface area (Å²) in [5, 5.41) is 10.7. The average molecular weight is 214 g/mol. The molecule has 0 saturated carbocycles. The number of Topliss-reactive ketones (excluding diaryl/α,β-unsaturated/α-hetero) is 1. The Morgan fingerprint density at radius 2 is 2.07 bits per heavy atom. The molecule has 5 heteroatoms. The number of benzene rings is 1. The fourth-order valence-corrected chi connectivity index (χ4v) is 1.52. The van der Waals surface area contributed by atoms with Gasteiger partial charge >= 0.3 is 0 Å². The summed E-state index contributed by atoms with van der Waals surface area (Å²) >= 11 is 5.65. The van der Waals surface area contributed by atoms with Crippen LogP contribution in [0.25, 0.3) is 0 Å². The van der Waals surface area contributed by atoms with Crippen molar-refractivity contribution in [3.8, 4) is 0 Å². The Balaban J connectivity index is 3.58. The summed E-state index contributed by atoms with van der Waals surface area (Å²) in [6, 6.07) is 3.01. The molecule has 0 aromatic heterocycles. The molecule has 0 amide bonds. The first kappa shape index (κ1) is 10.7. The molecule has 1 aromatic rings. The molecule has 4 nitrogen and oxygen atoms in total. The van der Waals surface area contributed by atoms with E-state index in [-0.39, 0.29) is 22.1 Å². The average Bonchev–Trinajstić information content (AvgIpc) is 2.07. The second-order valence-electron chi connectivity index (χ2n) is 2.90. The maximum Gasteiger partial charge on any atom is 0.298 e. The molecule has 0 atom stereocenters. The van der Waals surface area contributed by atoms with Gasteiger partial charge in [-0.2, -0.15) is 0 Å². The second-order valence-corrected chi connectivity index (χ2v) is 3.31. The number of aryl methyl sites for hydroxylation is 1. The zero-order valence-corrected chi connectivity index (χ0v) is 8.46. The molecule has 0 unspecified atom stereocenters. The Kier molecular flexibility index (Phi) is 2.86. The number of ketones is 1. The van der Waals surface area contributed by atoms with Crippen molar-refractivity contribution < 1.29 is 9.72 Å². The van der Waals surface area contributed by atoms with Gasteiger partial charge in [0.2, 0.25) is 0 Å². The van der Waals surface area contributed by atoms with Gasteiger partial charge in [0.15, 0.2) is 5.78 Å². The lowest BCUT2D eigenvalue weighted by molar-refractivity contribution is -0.385. The van der Waals surface area contributed by atoms with Crippen molar-refractivity contribution in [3.63, 3.8) is 0 Å². The van der Waals surface area contributed by atoms with Crippen LogP contribution in [0.4, 0.5) is 5.69 Å². The topological polar surface area (TPSA) is 60.2 Å². The van der Waals surface area contributed by atoms with E-state index < -0.39 is 4.92 Å². The van der Waals surface area contributed by atoms with Crippen molar-refractivity contribution in [2.24, 2.45) is 0 Å². The van der Waals surface area contributed by atoms with Gasteiger partial charge in [-0.3, -0.25) is 14.9 Å². The van der Waals surface area contributed by atoms with Gasteiger partial charge in [0, 0.05) is 0 Å². The predicted octanol–water partition coefficient (Wildman–Crippen LogP) is 2.76. The predicted molar refractivity (Wildman–Crippen MR) is 52.8 cm³/mol. The van der Waals surface area contributed by atoms with Crippen LogP contribution >= 0.6 is 11.6 Å². The van der Waals surface area contributed by atoms with E-state index in [1.165, 1.54) is 13.0 Å². The van der Waals surface area contributed by atoms with Gasteiger partial charge in [0.05, 0.1) is 10.5 Å². The molecule has 0 aliphatic heterocycles. The van der Waals surface area contributed by atoms with Crippen LogP contribution in [0.5, 0.6) is 0 Å². The van der Waals surface area contributed by atoms with E-state index in [0.29, 0.717) is 5.56 Å². The molecule has 74 valence electrons. The lowest BCUT2D eigenvalue weighted by Gasteiger charge is -2.03. The molecule has 0 bridgehead atoms. The number of hydrogen-bond acceptors (Lipinski definition) is 3. The molecular formula is C9H8ClNO3. The maximum atomic E-state index is 11.2. The van der Waals surface area contributed by atoms with Crippen LogP contribution in [0, 0.1) is 17.0 Å². The van der Waals surface area contributed by atoms with E-state index in [1.54, 1.807) is 13.0 Å². The van der Waals surface area contributed by atoms with Crippen molar-refractivity contribution in [1.82, 2.24) is 0 Å². The van der Waals surface area contributed by atoms with E-state index in [0.717, 1.165) is 0 Å². The van der Waals surface area contributed by atoms with Gasteiger partial charge in [-0.15, -0.1) is 0 Å². The number of nitrogens with zero attached hydrogens (tertiary/aromatic N) is 1. The van der Waals surface area contributed by atoms with Crippen molar-refractivity contribution in [3.05, 3.63) is 38.4 Å². The number of hydrogen-bond donors (Lipinski definition) is 0. The highest BCUT2D eigenvalue weighted by Crippen LogP contribution is 2.30. The third kappa shape index (κ3) is 1.75. The summed E-state index contributed by atoms with van der Waals surface area (Å²) in [5.74, 6) is -0.350. The molecule has 1 aromatic carbocycles. The number of nitro benzene ring substituents is 1. The summed E-state index contributed by atoms with van der Waals surface area (Å²) < 4.78 is 0. The number of nitro groups is 1. The second kappa shape index (κ2) is 3.75. The third-order valence-electron chi connectivity index (χ3n) is 1.87. The quantitative estimate of drug-likeness (QED) is 0.431. The molecule has 0 radical (unpaired) electrons. The lowest BCUT2D eigenvalue weighted by Crippen LogP contribution is -2.03.